The van der Waals surface area contributed by atoms with Gasteiger partial charge in [-0.2, -0.15) is 4.80 Å². The van der Waals surface area contributed by atoms with Crippen LogP contribution in [0.2, 0.25) is 0 Å². The first-order chi connectivity index (χ1) is 22.3. The molecule has 1 aromatic heterocycles. The number of aliphatic carboxylic acids is 1. The number of likely N-dealkylation sites (N-methyl/N-ethyl adjacent to an activating group) is 1. The van der Waals surface area contributed by atoms with E-state index >= 15 is 0 Å². The number of nitrogens with zero attached hydrogens (tertiary/aromatic N) is 4. The van der Waals surface area contributed by atoms with E-state index in [1.54, 1.807) is 4.80 Å². The fourth-order valence-corrected chi connectivity index (χ4v) is 12.3. The maximum Gasteiger partial charge on any atom is 0.307 e. The highest BCUT2D eigenvalue weighted by Gasteiger charge is 2.72. The van der Waals surface area contributed by atoms with Crippen LogP contribution in [-0.2, 0) is 14.3 Å². The molecule has 6 rings (SSSR count). The van der Waals surface area contributed by atoms with Gasteiger partial charge in [0.05, 0.1) is 31.8 Å². The highest BCUT2D eigenvalue weighted by molar-refractivity contribution is 5.73. The van der Waals surface area contributed by atoms with Crippen LogP contribution in [0.15, 0.2) is 11.6 Å². The molecule has 3 saturated carbocycles. The van der Waals surface area contributed by atoms with Crippen LogP contribution >= 0.6 is 0 Å². The first-order valence-electron chi connectivity index (χ1n) is 18.7. The van der Waals surface area contributed by atoms with Crippen molar-refractivity contribution in [1.82, 2.24) is 25.5 Å². The van der Waals surface area contributed by atoms with Gasteiger partial charge < -0.3 is 25.6 Å². The predicted molar refractivity (Wildman–Crippen MR) is 187 cm³/mol. The zero-order chi connectivity index (χ0) is 35.2. The zero-order valence-corrected chi connectivity index (χ0v) is 31.6. The van der Waals surface area contributed by atoms with Crippen molar-refractivity contribution in [2.75, 3.05) is 32.6 Å². The molecule has 5 aliphatic rings. The summed E-state index contributed by atoms with van der Waals surface area (Å²) in [6.45, 7) is 24.7. The smallest absolute Gasteiger partial charge is 0.307 e. The second kappa shape index (κ2) is 11.8. The van der Waals surface area contributed by atoms with Crippen LogP contribution in [-0.4, -0.2) is 69.8 Å². The van der Waals surface area contributed by atoms with Gasteiger partial charge in [0.25, 0.3) is 5.95 Å². The molecule has 1 aromatic rings. The number of nitrogens with two attached hydrogens (primary N) is 1. The van der Waals surface area contributed by atoms with Crippen molar-refractivity contribution in [3.05, 3.63) is 11.6 Å². The van der Waals surface area contributed by atoms with Crippen molar-refractivity contribution >= 4 is 11.9 Å². The summed E-state index contributed by atoms with van der Waals surface area (Å²) >= 11 is 0. The molecule has 48 heavy (non-hydrogen) atoms. The molecule has 2 heterocycles. The maximum atomic E-state index is 13.4. The Morgan fingerprint density at radius 3 is 2.44 bits per heavy atom. The Balaban J connectivity index is 1.44. The quantitative estimate of drug-likeness (QED) is 0.255. The van der Waals surface area contributed by atoms with E-state index in [0.717, 1.165) is 38.5 Å². The number of ether oxygens (including phenoxy) is 2. The molecule has 1 saturated heterocycles. The summed E-state index contributed by atoms with van der Waals surface area (Å²) in [5.41, 5.74) is 6.10. The van der Waals surface area contributed by atoms with Gasteiger partial charge in [-0.05, 0) is 104 Å². The van der Waals surface area contributed by atoms with Crippen molar-refractivity contribution in [2.45, 2.75) is 125 Å². The summed E-state index contributed by atoms with van der Waals surface area (Å²) in [5.74, 6) is 0.886. The first kappa shape index (κ1) is 35.8. The minimum atomic E-state index is -0.627. The van der Waals surface area contributed by atoms with E-state index in [1.807, 2.05) is 7.05 Å². The molecule has 1 unspecified atom stereocenters. The average molecular weight is 669 g/mol. The van der Waals surface area contributed by atoms with E-state index in [-0.39, 0.29) is 50.7 Å². The fourth-order valence-electron chi connectivity index (χ4n) is 12.3. The topological polar surface area (TPSA) is 137 Å². The minimum Gasteiger partial charge on any atom is -0.481 e. The van der Waals surface area contributed by atoms with Crippen LogP contribution in [0, 0.1) is 62.6 Å². The molecule has 10 nitrogen and oxygen atoms in total. The normalized spacial score (nSPS) is 44.3. The van der Waals surface area contributed by atoms with E-state index < -0.39 is 11.9 Å². The standard InChI is InChI=1S/C38H64N6O4/c1-22(2)24(5)33(6)16-17-35(8)25-12-13-28-34(7)19-47-21-38(28,26(25)14-15-36(35,9)29(33)31(45)46)18-27(44-42-32(39)41-43-44)30(34)48-20-37(10,40-11)23(3)4/h14,22-25,27-30,40H,12-13,15-21H2,1-11H3,(H2,39,42)(H,45,46)/t24-,25+,27-,28+,29-,30+,33-,34?,35-,36+,37+,38+/m1/s1. The Morgan fingerprint density at radius 1 is 1.15 bits per heavy atom. The van der Waals surface area contributed by atoms with E-state index in [4.69, 9.17) is 15.2 Å². The van der Waals surface area contributed by atoms with Crippen LogP contribution in [0.5, 0.6) is 0 Å². The summed E-state index contributed by atoms with van der Waals surface area (Å²) < 4.78 is 13.8. The molecule has 270 valence electrons. The third kappa shape index (κ3) is 4.80. The largest absolute Gasteiger partial charge is 0.481 e. The number of hydrogen-bond donors (Lipinski definition) is 3. The van der Waals surface area contributed by atoms with E-state index in [2.05, 4.69) is 96.0 Å². The van der Waals surface area contributed by atoms with Crippen LogP contribution in [0.25, 0.3) is 0 Å². The molecular formula is C38H64N6O4. The Hall–Kier alpha value is -2.04. The number of carboxylic acid groups (broad SMARTS) is 1. The first-order valence-corrected chi connectivity index (χ1v) is 18.7. The Labute approximate surface area is 288 Å². The minimum absolute atomic E-state index is 0.144. The summed E-state index contributed by atoms with van der Waals surface area (Å²) in [6.07, 6.45) is 7.96. The highest BCUT2D eigenvalue weighted by atomic mass is 16.5. The molecule has 1 aliphatic heterocycles. The van der Waals surface area contributed by atoms with Crippen LogP contribution in [0.3, 0.4) is 0 Å². The molecule has 4 aliphatic carbocycles. The number of tetrazole rings is 1. The molecule has 0 aromatic carbocycles. The number of carbonyl (C=O) groups is 1. The van der Waals surface area contributed by atoms with E-state index in [1.165, 1.54) is 5.57 Å². The van der Waals surface area contributed by atoms with Gasteiger partial charge in [0.15, 0.2) is 0 Å². The van der Waals surface area contributed by atoms with Crippen molar-refractivity contribution in [2.24, 2.45) is 62.6 Å². The van der Waals surface area contributed by atoms with Gasteiger partial charge in [0.2, 0.25) is 0 Å². The maximum absolute atomic E-state index is 13.4. The summed E-state index contributed by atoms with van der Waals surface area (Å²) in [4.78, 5) is 15.2. The number of carboxylic acids is 1. The summed E-state index contributed by atoms with van der Waals surface area (Å²) in [7, 11) is 2.01. The fraction of sp³-hybridized carbons (Fsp3) is 0.895. The third-order valence-corrected chi connectivity index (χ3v) is 16.2. The van der Waals surface area contributed by atoms with E-state index in [9.17, 15) is 9.90 Å². The second-order valence-electron chi connectivity index (χ2n) is 18.6. The van der Waals surface area contributed by atoms with E-state index in [0.29, 0.717) is 49.4 Å². The molecule has 0 amide bonds. The molecule has 10 heteroatoms. The van der Waals surface area contributed by atoms with Crippen LogP contribution in [0.4, 0.5) is 5.95 Å². The number of rotatable bonds is 9. The number of allylic oxidation sites excluding steroid dienone is 1. The Morgan fingerprint density at radius 2 is 1.85 bits per heavy atom. The van der Waals surface area contributed by atoms with Crippen LogP contribution in [0.1, 0.15) is 114 Å². The zero-order valence-electron chi connectivity index (χ0n) is 31.6. The molecule has 0 spiro atoms. The predicted octanol–water partition coefficient (Wildman–Crippen LogP) is 6.40. The van der Waals surface area contributed by atoms with Gasteiger partial charge in [-0.25, -0.2) is 0 Å². The molecule has 4 N–H and O–H groups in total. The Bertz CT molecular complexity index is 1430. The number of fused-ring (bicyclic) bond motifs is 3. The highest BCUT2D eigenvalue weighted by Crippen LogP contribution is 2.75. The number of aromatic nitrogens is 4. The lowest BCUT2D eigenvalue weighted by molar-refractivity contribution is -0.254. The lowest BCUT2D eigenvalue weighted by Crippen LogP contribution is -2.69. The molecule has 12 atom stereocenters. The van der Waals surface area contributed by atoms with Crippen molar-refractivity contribution < 1.29 is 19.4 Å². The van der Waals surface area contributed by atoms with Crippen LogP contribution < -0.4 is 11.1 Å². The van der Waals surface area contributed by atoms with Crippen molar-refractivity contribution in [1.29, 1.82) is 0 Å². The summed E-state index contributed by atoms with van der Waals surface area (Å²) in [5, 5.41) is 27.8. The number of hydrogen-bond acceptors (Lipinski definition) is 8. The monoisotopic (exact) mass is 668 g/mol. The van der Waals surface area contributed by atoms with Crippen molar-refractivity contribution in [3.63, 3.8) is 0 Å². The average Bonchev–Trinajstić information content (AvgIpc) is 3.45. The lowest BCUT2D eigenvalue weighted by Gasteiger charge is -2.71. The number of anilines is 1. The molecule has 4 fully saturated rings. The number of nitrogens with one attached hydrogen (secondary N) is 1. The van der Waals surface area contributed by atoms with Gasteiger partial charge in [-0.15, -0.1) is 5.10 Å². The van der Waals surface area contributed by atoms with Gasteiger partial charge in [-0.3, -0.25) is 4.79 Å². The molecule has 2 bridgehead atoms. The van der Waals surface area contributed by atoms with Gasteiger partial charge in [-0.1, -0.05) is 79.1 Å². The number of nitrogen functional groups attached to an aromatic ring is 1. The van der Waals surface area contributed by atoms with Gasteiger partial charge >= 0.3 is 5.97 Å². The molecular weight excluding hydrogens is 604 g/mol. The Kier molecular flexibility index (Phi) is 8.76. The van der Waals surface area contributed by atoms with Gasteiger partial charge in [0, 0.05) is 16.4 Å². The third-order valence-electron chi connectivity index (χ3n) is 16.2. The summed E-state index contributed by atoms with van der Waals surface area (Å²) in [6, 6.07) is -0.165. The van der Waals surface area contributed by atoms with Gasteiger partial charge in [0.1, 0.15) is 6.04 Å². The SMILES string of the molecule is CN[C@@](C)(CO[C@H]1[C@H](n2nnc(N)n2)C[C@@]23COCC1(C)[C@@H]2CC[C@H]1C3=CC[C@@]2(C)[C@H](C(=O)O)[C@@](C)([C@H](C)C(C)C)CC[C@]12C)C(C)C. The second-order valence-corrected chi connectivity index (χ2v) is 18.6. The van der Waals surface area contributed by atoms with Crippen molar-refractivity contribution in [3.8, 4) is 0 Å². The molecule has 0 radical (unpaired) electrons. The lowest BCUT2D eigenvalue weighted by atomic mass is 9.34.